The molecular weight excluding hydrogens is 401 g/mol. The van der Waals surface area contributed by atoms with Crippen LogP contribution in [0.5, 0.6) is 0 Å². The van der Waals surface area contributed by atoms with Crippen molar-refractivity contribution in [2.24, 2.45) is 0 Å². The molecule has 1 aliphatic carbocycles. The van der Waals surface area contributed by atoms with Gasteiger partial charge in [-0.3, -0.25) is 9.59 Å². The smallest absolute Gasteiger partial charge is 0.271 e. The van der Waals surface area contributed by atoms with Gasteiger partial charge in [0.25, 0.3) is 5.91 Å². The number of hydrogen-bond donors (Lipinski definition) is 1. The minimum Gasteiger partial charge on any atom is -0.351 e. The zero-order valence-electron chi connectivity index (χ0n) is 16.9. The third kappa shape index (κ3) is 3.12. The highest BCUT2D eigenvalue weighted by Gasteiger charge is 2.48. The first kappa shape index (κ1) is 19.3. The minimum absolute atomic E-state index is 0.118. The molecule has 2 aromatic heterocycles. The van der Waals surface area contributed by atoms with Crippen molar-refractivity contribution in [1.82, 2.24) is 14.8 Å². The molecule has 5 nitrogen and oxygen atoms in total. The Morgan fingerprint density at radius 2 is 1.97 bits per heavy atom. The highest BCUT2D eigenvalue weighted by molar-refractivity contribution is 7.17. The number of aromatic nitrogens is 1. The first-order valence-electron chi connectivity index (χ1n) is 10.4. The van der Waals surface area contributed by atoms with E-state index in [-0.39, 0.29) is 30.2 Å². The summed E-state index contributed by atoms with van der Waals surface area (Å²) in [6, 6.07) is 10.2. The summed E-state index contributed by atoms with van der Waals surface area (Å²) in [5.74, 6) is -0.606. The standard InChI is InChI=1S/C23H24FN3O2S/c1-23(22(29)25-17-4-2-3-5-17)14-26-18-10-11-30-20(18)12-19(26)21(28)27(23)13-15-6-8-16(24)9-7-15/h6-12,17H,2-5,13-14H2,1H3,(H,25,29). The van der Waals surface area contributed by atoms with Crippen LogP contribution in [0.25, 0.3) is 10.2 Å². The average Bonchev–Trinajstić information content (AvgIpc) is 3.45. The number of nitrogens with one attached hydrogen (secondary N) is 1. The Bertz CT molecular complexity index is 1110. The third-order valence-electron chi connectivity index (χ3n) is 6.48. The van der Waals surface area contributed by atoms with Crippen LogP contribution in [-0.4, -0.2) is 32.9 Å². The fraction of sp³-hybridized carbons (Fsp3) is 0.391. The van der Waals surface area contributed by atoms with Gasteiger partial charge in [-0.25, -0.2) is 4.39 Å². The molecule has 3 heterocycles. The summed E-state index contributed by atoms with van der Waals surface area (Å²) in [5.41, 5.74) is 1.36. The van der Waals surface area contributed by atoms with Crippen LogP contribution in [0.4, 0.5) is 4.39 Å². The van der Waals surface area contributed by atoms with E-state index in [4.69, 9.17) is 0 Å². The summed E-state index contributed by atoms with van der Waals surface area (Å²) < 4.78 is 16.4. The molecule has 3 aromatic rings. The van der Waals surface area contributed by atoms with Crippen molar-refractivity contribution in [3.05, 3.63) is 58.9 Å². The predicted molar refractivity (Wildman–Crippen MR) is 115 cm³/mol. The number of amides is 2. The summed E-state index contributed by atoms with van der Waals surface area (Å²) in [4.78, 5) is 28.7. The molecule has 7 heteroatoms. The Morgan fingerprint density at radius 3 is 2.70 bits per heavy atom. The number of carbonyl (C=O) groups is 2. The number of thiophene rings is 1. The van der Waals surface area contributed by atoms with E-state index >= 15 is 0 Å². The van der Waals surface area contributed by atoms with Crippen LogP contribution < -0.4 is 5.32 Å². The number of rotatable bonds is 4. The lowest BCUT2D eigenvalue weighted by Crippen LogP contribution is -2.64. The molecule has 1 fully saturated rings. The van der Waals surface area contributed by atoms with Crippen molar-refractivity contribution < 1.29 is 14.0 Å². The molecule has 0 spiro atoms. The first-order chi connectivity index (χ1) is 14.5. The van der Waals surface area contributed by atoms with Crippen molar-refractivity contribution in [1.29, 1.82) is 0 Å². The Labute approximate surface area is 178 Å². The van der Waals surface area contributed by atoms with Crippen LogP contribution >= 0.6 is 11.3 Å². The largest absolute Gasteiger partial charge is 0.351 e. The van der Waals surface area contributed by atoms with Crippen molar-refractivity contribution in [3.63, 3.8) is 0 Å². The summed E-state index contributed by atoms with van der Waals surface area (Å²) in [7, 11) is 0. The highest BCUT2D eigenvalue weighted by atomic mass is 32.1. The molecule has 0 radical (unpaired) electrons. The maximum Gasteiger partial charge on any atom is 0.271 e. The van der Waals surface area contributed by atoms with Crippen LogP contribution in [0.3, 0.4) is 0 Å². The van der Waals surface area contributed by atoms with E-state index in [1.165, 1.54) is 12.1 Å². The van der Waals surface area contributed by atoms with E-state index in [1.54, 1.807) is 28.4 Å². The van der Waals surface area contributed by atoms with E-state index in [0.29, 0.717) is 12.2 Å². The second-order valence-corrected chi connectivity index (χ2v) is 9.48. The molecule has 5 rings (SSSR count). The Morgan fingerprint density at radius 1 is 1.23 bits per heavy atom. The monoisotopic (exact) mass is 425 g/mol. The van der Waals surface area contributed by atoms with Gasteiger partial charge in [-0.2, -0.15) is 0 Å². The van der Waals surface area contributed by atoms with Crippen LogP contribution in [0.2, 0.25) is 0 Å². The first-order valence-corrected chi connectivity index (χ1v) is 11.3. The lowest BCUT2D eigenvalue weighted by Gasteiger charge is -2.44. The summed E-state index contributed by atoms with van der Waals surface area (Å²) in [6.45, 7) is 2.50. The fourth-order valence-corrected chi connectivity index (χ4v) is 5.53. The van der Waals surface area contributed by atoms with Crippen LogP contribution in [-0.2, 0) is 17.9 Å². The van der Waals surface area contributed by atoms with E-state index in [9.17, 15) is 14.0 Å². The molecule has 30 heavy (non-hydrogen) atoms. The predicted octanol–water partition coefficient (Wildman–Crippen LogP) is 4.32. The number of carbonyl (C=O) groups excluding carboxylic acids is 2. The lowest BCUT2D eigenvalue weighted by molar-refractivity contribution is -0.133. The van der Waals surface area contributed by atoms with Crippen molar-refractivity contribution in [3.8, 4) is 0 Å². The normalized spacial score (nSPS) is 21.9. The maximum atomic E-state index is 13.6. The topological polar surface area (TPSA) is 54.3 Å². The lowest BCUT2D eigenvalue weighted by atomic mass is 9.93. The van der Waals surface area contributed by atoms with Gasteiger partial charge in [0.1, 0.15) is 17.1 Å². The number of halogens is 1. The van der Waals surface area contributed by atoms with Gasteiger partial charge in [0.2, 0.25) is 5.91 Å². The Balaban J connectivity index is 1.54. The van der Waals surface area contributed by atoms with Crippen LogP contribution in [0.15, 0.2) is 41.8 Å². The molecule has 2 amide bonds. The van der Waals surface area contributed by atoms with Gasteiger partial charge in [0.15, 0.2) is 0 Å². The SMILES string of the molecule is CC1(C(=O)NC2CCCC2)Cn2c(cc3sccc32)C(=O)N1Cc1ccc(F)cc1. The molecule has 0 saturated heterocycles. The number of fused-ring (bicyclic) bond motifs is 3. The summed E-state index contributed by atoms with van der Waals surface area (Å²) in [6.07, 6.45) is 4.21. The van der Waals surface area contributed by atoms with Gasteiger partial charge < -0.3 is 14.8 Å². The van der Waals surface area contributed by atoms with E-state index in [1.807, 2.05) is 29.0 Å². The van der Waals surface area contributed by atoms with E-state index < -0.39 is 5.54 Å². The quantitative estimate of drug-likeness (QED) is 0.677. The van der Waals surface area contributed by atoms with Crippen molar-refractivity contribution in [2.45, 2.75) is 57.3 Å². The average molecular weight is 426 g/mol. The van der Waals surface area contributed by atoms with Gasteiger partial charge in [0, 0.05) is 12.6 Å². The Hall–Kier alpha value is -2.67. The fourth-order valence-electron chi connectivity index (χ4n) is 4.70. The zero-order chi connectivity index (χ0) is 20.9. The molecule has 1 aliphatic heterocycles. The molecule has 1 atom stereocenters. The second kappa shape index (κ2) is 7.23. The second-order valence-electron chi connectivity index (χ2n) is 8.53. The maximum absolute atomic E-state index is 13.6. The van der Waals surface area contributed by atoms with E-state index in [2.05, 4.69) is 5.32 Å². The van der Waals surface area contributed by atoms with Gasteiger partial charge in [-0.05, 0) is 55.0 Å². The summed E-state index contributed by atoms with van der Waals surface area (Å²) >= 11 is 1.59. The number of nitrogens with zero attached hydrogens (tertiary/aromatic N) is 2. The molecule has 2 aliphatic rings. The molecule has 1 N–H and O–H groups in total. The molecule has 1 saturated carbocycles. The molecule has 1 unspecified atom stereocenters. The third-order valence-corrected chi connectivity index (χ3v) is 7.34. The minimum atomic E-state index is -1.03. The molecule has 1 aromatic carbocycles. The molecule has 0 bridgehead atoms. The summed E-state index contributed by atoms with van der Waals surface area (Å²) in [5, 5.41) is 5.20. The van der Waals surface area contributed by atoms with Crippen LogP contribution in [0, 0.1) is 5.82 Å². The van der Waals surface area contributed by atoms with Gasteiger partial charge in [-0.1, -0.05) is 25.0 Å². The number of hydrogen-bond acceptors (Lipinski definition) is 3. The van der Waals surface area contributed by atoms with Gasteiger partial charge in [-0.15, -0.1) is 11.3 Å². The molecule has 156 valence electrons. The van der Waals surface area contributed by atoms with Crippen LogP contribution in [0.1, 0.15) is 48.7 Å². The van der Waals surface area contributed by atoms with Gasteiger partial charge in [0.05, 0.1) is 16.8 Å². The molecular formula is C23H24FN3O2S. The number of benzene rings is 1. The Kier molecular flexibility index (Phi) is 4.65. The van der Waals surface area contributed by atoms with E-state index in [0.717, 1.165) is 41.5 Å². The van der Waals surface area contributed by atoms with Gasteiger partial charge >= 0.3 is 0 Å². The van der Waals surface area contributed by atoms with Crippen molar-refractivity contribution in [2.75, 3.05) is 0 Å². The van der Waals surface area contributed by atoms with Crippen molar-refractivity contribution >= 4 is 33.4 Å². The zero-order valence-corrected chi connectivity index (χ0v) is 17.7. The highest BCUT2D eigenvalue weighted by Crippen LogP contribution is 2.35.